The van der Waals surface area contributed by atoms with E-state index in [0.29, 0.717) is 6.04 Å². The molecule has 0 spiro atoms. The van der Waals surface area contributed by atoms with Crippen molar-refractivity contribution in [3.05, 3.63) is 11.6 Å². The molecule has 1 saturated carbocycles. The Bertz CT molecular complexity index is 355. The number of amides is 1. The Hall–Kier alpha value is -1.39. The Balaban J connectivity index is 1.91. The highest BCUT2D eigenvalue weighted by molar-refractivity contribution is 5.90. The van der Waals surface area contributed by atoms with E-state index >= 15 is 0 Å². The third-order valence-corrected chi connectivity index (χ3v) is 3.01. The van der Waals surface area contributed by atoms with Crippen LogP contribution in [0.4, 0.5) is 0 Å². The van der Waals surface area contributed by atoms with Crippen molar-refractivity contribution in [2.45, 2.75) is 51.5 Å². The molecule has 0 unspecified atom stereocenters. The third-order valence-electron chi connectivity index (χ3n) is 3.01. The fourth-order valence-electron chi connectivity index (χ4n) is 2.05. The van der Waals surface area contributed by atoms with E-state index in [1.54, 1.807) is 0 Å². The number of nitrogens with one attached hydrogen (secondary N) is 2. The number of hydrogen-bond donors (Lipinski definition) is 2. The molecule has 0 radical (unpaired) electrons. The summed E-state index contributed by atoms with van der Waals surface area (Å²) in [6.07, 6.45) is 6.63. The van der Waals surface area contributed by atoms with Crippen molar-refractivity contribution in [2.24, 2.45) is 0 Å². The number of hydrogen-bond acceptors (Lipinski definition) is 3. The first kappa shape index (κ1) is 11.1. The third kappa shape index (κ3) is 2.59. The van der Waals surface area contributed by atoms with Crippen LogP contribution in [0.25, 0.3) is 0 Å². The molecule has 1 aromatic heterocycles. The van der Waals surface area contributed by atoms with Crippen molar-refractivity contribution in [1.82, 2.24) is 20.5 Å². The average molecular weight is 222 g/mol. The van der Waals surface area contributed by atoms with E-state index in [1.807, 2.05) is 6.92 Å². The van der Waals surface area contributed by atoms with E-state index in [9.17, 15) is 4.79 Å². The van der Waals surface area contributed by atoms with E-state index in [2.05, 4.69) is 20.5 Å². The monoisotopic (exact) mass is 222 g/mol. The maximum absolute atomic E-state index is 11.8. The molecule has 88 valence electrons. The average Bonchev–Trinajstić information content (AvgIpc) is 2.79. The van der Waals surface area contributed by atoms with Crippen LogP contribution in [0.3, 0.4) is 0 Å². The molecule has 1 aliphatic rings. The summed E-state index contributed by atoms with van der Waals surface area (Å²) in [6, 6.07) is 0.310. The van der Waals surface area contributed by atoms with Gasteiger partial charge in [0.1, 0.15) is 5.82 Å². The number of rotatable bonds is 3. The summed E-state index contributed by atoms with van der Waals surface area (Å²) in [5, 5.41) is 9.64. The summed E-state index contributed by atoms with van der Waals surface area (Å²) in [6.45, 7) is 1.98. The highest BCUT2D eigenvalue weighted by Crippen LogP contribution is 2.17. The van der Waals surface area contributed by atoms with Gasteiger partial charge in [0.05, 0.1) is 0 Å². The van der Waals surface area contributed by atoms with Crippen molar-refractivity contribution in [3.63, 3.8) is 0 Å². The molecule has 5 heteroatoms. The summed E-state index contributed by atoms with van der Waals surface area (Å²) < 4.78 is 0. The number of aromatic nitrogens is 3. The van der Waals surface area contributed by atoms with Crippen molar-refractivity contribution < 1.29 is 4.79 Å². The fraction of sp³-hybridized carbons (Fsp3) is 0.727. The predicted octanol–water partition coefficient (Wildman–Crippen LogP) is 1.43. The second-order valence-electron chi connectivity index (χ2n) is 4.27. The van der Waals surface area contributed by atoms with Crippen LogP contribution < -0.4 is 5.32 Å². The van der Waals surface area contributed by atoms with Gasteiger partial charge in [-0.3, -0.25) is 9.89 Å². The SMILES string of the molecule is CCc1nc(C(=O)NC2CCCCC2)n[nH]1. The van der Waals surface area contributed by atoms with Gasteiger partial charge in [0.25, 0.3) is 5.91 Å². The Labute approximate surface area is 95.0 Å². The number of carbonyl (C=O) groups is 1. The van der Waals surface area contributed by atoms with Gasteiger partial charge in [-0.1, -0.05) is 26.2 Å². The van der Waals surface area contributed by atoms with Crippen molar-refractivity contribution in [3.8, 4) is 0 Å². The molecule has 1 fully saturated rings. The maximum Gasteiger partial charge on any atom is 0.291 e. The van der Waals surface area contributed by atoms with Gasteiger partial charge in [0.2, 0.25) is 5.82 Å². The number of aromatic amines is 1. The van der Waals surface area contributed by atoms with E-state index in [1.165, 1.54) is 19.3 Å². The lowest BCUT2D eigenvalue weighted by atomic mass is 9.95. The minimum absolute atomic E-state index is 0.150. The highest BCUT2D eigenvalue weighted by atomic mass is 16.2. The molecule has 16 heavy (non-hydrogen) atoms. The molecular weight excluding hydrogens is 204 g/mol. The van der Waals surface area contributed by atoms with Crippen LogP contribution in [0.5, 0.6) is 0 Å². The lowest BCUT2D eigenvalue weighted by molar-refractivity contribution is 0.0917. The Morgan fingerprint density at radius 3 is 2.81 bits per heavy atom. The molecule has 0 atom stereocenters. The quantitative estimate of drug-likeness (QED) is 0.812. The lowest BCUT2D eigenvalue weighted by Gasteiger charge is -2.21. The zero-order valence-electron chi connectivity index (χ0n) is 9.62. The molecule has 2 N–H and O–H groups in total. The first-order valence-corrected chi connectivity index (χ1v) is 6.01. The van der Waals surface area contributed by atoms with Crippen molar-refractivity contribution in [2.75, 3.05) is 0 Å². The van der Waals surface area contributed by atoms with Gasteiger partial charge in [-0.15, -0.1) is 5.10 Å². The summed E-state index contributed by atoms with van der Waals surface area (Å²) >= 11 is 0. The van der Waals surface area contributed by atoms with E-state index < -0.39 is 0 Å². The minimum atomic E-state index is -0.150. The van der Waals surface area contributed by atoms with Crippen molar-refractivity contribution >= 4 is 5.91 Å². The second-order valence-corrected chi connectivity index (χ2v) is 4.27. The number of aryl methyl sites for hydroxylation is 1. The van der Waals surface area contributed by atoms with Crippen molar-refractivity contribution in [1.29, 1.82) is 0 Å². The Kier molecular flexibility index (Phi) is 3.54. The normalized spacial score (nSPS) is 17.3. The predicted molar refractivity (Wildman–Crippen MR) is 60.1 cm³/mol. The Morgan fingerprint density at radius 2 is 2.19 bits per heavy atom. The van der Waals surface area contributed by atoms with Gasteiger partial charge in [-0.05, 0) is 12.8 Å². The molecular formula is C11H18N4O. The number of carbonyl (C=O) groups excluding carboxylic acids is 1. The first-order chi connectivity index (χ1) is 7.79. The lowest BCUT2D eigenvalue weighted by Crippen LogP contribution is -2.36. The van der Waals surface area contributed by atoms with E-state index in [-0.39, 0.29) is 11.7 Å². The van der Waals surface area contributed by atoms with Crippen LogP contribution in [0, 0.1) is 0 Å². The van der Waals surface area contributed by atoms with E-state index in [0.717, 1.165) is 25.1 Å². The molecule has 0 aliphatic heterocycles. The summed E-state index contributed by atoms with van der Waals surface area (Å²) in [5.41, 5.74) is 0. The molecule has 0 bridgehead atoms. The highest BCUT2D eigenvalue weighted by Gasteiger charge is 2.18. The largest absolute Gasteiger partial charge is 0.347 e. The summed E-state index contributed by atoms with van der Waals surface area (Å²) in [5.74, 6) is 0.874. The first-order valence-electron chi connectivity index (χ1n) is 6.01. The zero-order chi connectivity index (χ0) is 11.4. The topological polar surface area (TPSA) is 70.7 Å². The minimum Gasteiger partial charge on any atom is -0.347 e. The van der Waals surface area contributed by atoms with Crippen LogP contribution in [-0.4, -0.2) is 27.1 Å². The van der Waals surface area contributed by atoms with Crippen LogP contribution in [0.15, 0.2) is 0 Å². The number of nitrogens with zero attached hydrogens (tertiary/aromatic N) is 2. The molecule has 1 aromatic rings. The van der Waals surface area contributed by atoms with Crippen LogP contribution in [0.2, 0.25) is 0 Å². The number of H-pyrrole nitrogens is 1. The van der Waals surface area contributed by atoms with Gasteiger partial charge in [0, 0.05) is 12.5 Å². The van der Waals surface area contributed by atoms with Crippen LogP contribution in [0.1, 0.15) is 55.5 Å². The fourth-order valence-corrected chi connectivity index (χ4v) is 2.05. The van der Waals surface area contributed by atoms with Gasteiger partial charge in [-0.2, -0.15) is 0 Å². The van der Waals surface area contributed by atoms with Gasteiger partial charge < -0.3 is 5.32 Å². The molecule has 0 aromatic carbocycles. The van der Waals surface area contributed by atoms with Crippen LogP contribution >= 0.6 is 0 Å². The Morgan fingerprint density at radius 1 is 1.44 bits per heavy atom. The molecule has 1 amide bonds. The smallest absolute Gasteiger partial charge is 0.291 e. The summed E-state index contributed by atoms with van der Waals surface area (Å²) in [7, 11) is 0. The molecule has 1 heterocycles. The zero-order valence-corrected chi connectivity index (χ0v) is 9.62. The standard InChI is InChI=1S/C11H18N4O/c1-2-9-13-10(15-14-9)11(16)12-8-6-4-3-5-7-8/h8H,2-7H2,1H3,(H,12,16)(H,13,14,15). The van der Waals surface area contributed by atoms with Crippen LogP contribution in [-0.2, 0) is 6.42 Å². The van der Waals surface area contributed by atoms with E-state index in [4.69, 9.17) is 0 Å². The van der Waals surface area contributed by atoms with Gasteiger partial charge in [0.15, 0.2) is 0 Å². The molecule has 0 saturated heterocycles. The summed E-state index contributed by atoms with van der Waals surface area (Å²) in [4.78, 5) is 15.9. The molecule has 1 aliphatic carbocycles. The molecule has 2 rings (SSSR count). The molecule has 5 nitrogen and oxygen atoms in total. The maximum atomic E-state index is 11.8. The van der Waals surface area contributed by atoms with Gasteiger partial charge in [-0.25, -0.2) is 4.98 Å². The van der Waals surface area contributed by atoms with Gasteiger partial charge >= 0.3 is 0 Å². The second kappa shape index (κ2) is 5.09.